The number of ether oxygens (including phenoxy) is 1. The van der Waals surface area contributed by atoms with Crippen LogP contribution in [0.25, 0.3) is 0 Å². The van der Waals surface area contributed by atoms with E-state index in [0.717, 1.165) is 12.1 Å². The first-order valence-corrected chi connectivity index (χ1v) is 7.43. The number of rotatable bonds is 4. The normalized spacial score (nSPS) is 12.5. The Balaban J connectivity index is 2.45. The van der Waals surface area contributed by atoms with Crippen LogP contribution in [0.4, 0.5) is 17.6 Å². The highest BCUT2D eigenvalue weighted by atomic mass is 79.9. The van der Waals surface area contributed by atoms with E-state index < -0.39 is 23.1 Å². The molecule has 0 fully saturated rings. The first kappa shape index (κ1) is 16.3. The zero-order valence-corrected chi connectivity index (χ0v) is 13.5. The van der Waals surface area contributed by atoms with E-state index in [0.29, 0.717) is 0 Å². The Morgan fingerprint density at radius 2 is 1.62 bits per heavy atom. The highest BCUT2D eigenvalue weighted by Crippen LogP contribution is 2.39. The van der Waals surface area contributed by atoms with E-state index >= 15 is 0 Å². The summed E-state index contributed by atoms with van der Waals surface area (Å²) in [6.07, 6.45) is 0. The first-order valence-electron chi connectivity index (χ1n) is 5.72. The van der Waals surface area contributed by atoms with Gasteiger partial charge in [-0.05, 0) is 34.1 Å². The van der Waals surface area contributed by atoms with Gasteiger partial charge in [0, 0.05) is 11.1 Å². The third kappa shape index (κ3) is 3.77. The monoisotopic (exact) mass is 426 g/mol. The molecule has 1 unspecified atom stereocenters. The third-order valence-electron chi connectivity index (χ3n) is 2.72. The van der Waals surface area contributed by atoms with Gasteiger partial charge < -0.3 is 4.74 Å². The van der Waals surface area contributed by atoms with Crippen molar-refractivity contribution in [1.82, 2.24) is 0 Å². The van der Waals surface area contributed by atoms with Gasteiger partial charge in [-0.3, -0.25) is 0 Å². The molecule has 7 heteroatoms. The molecule has 2 rings (SSSR count). The molecule has 112 valence electrons. The Morgan fingerprint density at radius 1 is 0.952 bits per heavy atom. The van der Waals surface area contributed by atoms with Gasteiger partial charge in [0.1, 0.15) is 17.4 Å². The van der Waals surface area contributed by atoms with Crippen LogP contribution in [0.15, 0.2) is 40.9 Å². The Hall–Kier alpha value is -1.08. The fraction of sp³-hybridized carbons (Fsp3) is 0.143. The van der Waals surface area contributed by atoms with Crippen molar-refractivity contribution in [3.8, 4) is 5.75 Å². The summed E-state index contributed by atoms with van der Waals surface area (Å²) < 4.78 is 56.7. The first-order chi connectivity index (χ1) is 9.90. The maximum absolute atomic E-state index is 13.9. The van der Waals surface area contributed by atoms with Crippen LogP contribution in [0.2, 0.25) is 0 Å². The molecular formula is C14H8Br2F4O. The van der Waals surface area contributed by atoms with Crippen molar-refractivity contribution in [2.24, 2.45) is 0 Å². The molecule has 0 heterocycles. The van der Waals surface area contributed by atoms with Crippen LogP contribution in [0.3, 0.4) is 0 Å². The van der Waals surface area contributed by atoms with Gasteiger partial charge in [-0.15, -0.1) is 0 Å². The van der Waals surface area contributed by atoms with E-state index in [1.807, 2.05) is 0 Å². The summed E-state index contributed by atoms with van der Waals surface area (Å²) in [5.74, 6) is -1.42. The summed E-state index contributed by atoms with van der Waals surface area (Å²) in [6.45, 7) is -3.00. The zero-order valence-electron chi connectivity index (χ0n) is 10.3. The van der Waals surface area contributed by atoms with Crippen LogP contribution in [0.1, 0.15) is 16.0 Å². The Labute approximate surface area is 135 Å². The minimum absolute atomic E-state index is 0.0129. The van der Waals surface area contributed by atoms with E-state index in [1.54, 1.807) is 6.07 Å². The van der Waals surface area contributed by atoms with Crippen molar-refractivity contribution < 1.29 is 22.3 Å². The van der Waals surface area contributed by atoms with Gasteiger partial charge in [0.15, 0.2) is 0 Å². The van der Waals surface area contributed by atoms with Gasteiger partial charge in [-0.25, -0.2) is 8.78 Å². The molecule has 0 N–H and O–H groups in total. The fourth-order valence-electron chi connectivity index (χ4n) is 1.79. The molecule has 21 heavy (non-hydrogen) atoms. The summed E-state index contributed by atoms with van der Waals surface area (Å²) in [4.78, 5) is -0.824. The lowest BCUT2D eigenvalue weighted by atomic mass is 10.0. The predicted molar refractivity (Wildman–Crippen MR) is 77.9 cm³/mol. The van der Waals surface area contributed by atoms with Crippen molar-refractivity contribution in [2.75, 3.05) is 0 Å². The van der Waals surface area contributed by atoms with Crippen molar-refractivity contribution in [1.29, 1.82) is 0 Å². The molecule has 2 aromatic carbocycles. The lowest BCUT2D eigenvalue weighted by Crippen LogP contribution is -2.06. The van der Waals surface area contributed by atoms with Crippen molar-refractivity contribution >= 4 is 31.9 Å². The topological polar surface area (TPSA) is 9.23 Å². The average molecular weight is 428 g/mol. The maximum Gasteiger partial charge on any atom is 0.387 e. The number of hydrogen-bond acceptors (Lipinski definition) is 1. The quantitative estimate of drug-likeness (QED) is 0.339. The Bertz CT molecular complexity index is 649. The smallest absolute Gasteiger partial charge is 0.387 e. The molecule has 0 bridgehead atoms. The van der Waals surface area contributed by atoms with Crippen LogP contribution in [-0.2, 0) is 0 Å². The second-order valence-corrected chi connectivity index (χ2v) is 5.84. The zero-order chi connectivity index (χ0) is 15.6. The molecule has 0 aromatic heterocycles. The molecule has 1 nitrogen and oxygen atoms in total. The molecule has 0 aliphatic carbocycles. The summed E-state index contributed by atoms with van der Waals surface area (Å²) in [7, 11) is 0. The van der Waals surface area contributed by atoms with Gasteiger partial charge in [-0.2, -0.15) is 8.78 Å². The molecular weight excluding hydrogens is 420 g/mol. The van der Waals surface area contributed by atoms with E-state index in [2.05, 4.69) is 36.6 Å². The number of para-hydroxylation sites is 1. The average Bonchev–Trinajstić information content (AvgIpc) is 2.42. The molecule has 0 aliphatic heterocycles. The van der Waals surface area contributed by atoms with Gasteiger partial charge in [0.05, 0.1) is 9.30 Å². The number of benzene rings is 2. The van der Waals surface area contributed by atoms with E-state index in [9.17, 15) is 17.6 Å². The molecule has 0 saturated carbocycles. The molecule has 0 amide bonds. The van der Waals surface area contributed by atoms with E-state index in [-0.39, 0.29) is 21.3 Å². The Morgan fingerprint density at radius 3 is 2.29 bits per heavy atom. The molecule has 0 radical (unpaired) electrons. The van der Waals surface area contributed by atoms with Crippen LogP contribution in [0, 0.1) is 11.6 Å². The lowest BCUT2D eigenvalue weighted by molar-refractivity contribution is -0.0503. The van der Waals surface area contributed by atoms with Crippen molar-refractivity contribution in [3.63, 3.8) is 0 Å². The minimum atomic E-state index is -3.00. The highest BCUT2D eigenvalue weighted by Gasteiger charge is 2.21. The summed E-state index contributed by atoms with van der Waals surface area (Å²) >= 11 is 6.08. The van der Waals surface area contributed by atoms with Gasteiger partial charge >= 0.3 is 6.61 Å². The minimum Gasteiger partial charge on any atom is -0.434 e. The third-order valence-corrected chi connectivity index (χ3v) is 4.31. The van der Waals surface area contributed by atoms with Crippen LogP contribution < -0.4 is 4.74 Å². The van der Waals surface area contributed by atoms with Crippen molar-refractivity contribution in [2.45, 2.75) is 11.4 Å². The van der Waals surface area contributed by atoms with Crippen molar-refractivity contribution in [3.05, 3.63) is 63.6 Å². The van der Waals surface area contributed by atoms with Gasteiger partial charge in [0.25, 0.3) is 0 Å². The molecule has 0 spiro atoms. The van der Waals surface area contributed by atoms with Gasteiger partial charge in [-0.1, -0.05) is 34.1 Å². The lowest BCUT2D eigenvalue weighted by Gasteiger charge is -2.16. The molecule has 0 aliphatic rings. The standard InChI is InChI=1S/C14H8Br2F4O/c15-9-6-10(17)8(5-11(9)18)13(16)7-3-1-2-4-12(7)21-14(19)20/h1-6,13-14H. The summed E-state index contributed by atoms with van der Waals surface area (Å²) in [6, 6.07) is 7.92. The number of halogens is 6. The van der Waals surface area contributed by atoms with E-state index in [1.165, 1.54) is 18.2 Å². The summed E-state index contributed by atoms with van der Waals surface area (Å²) in [5, 5.41) is 0. The molecule has 0 saturated heterocycles. The van der Waals surface area contributed by atoms with Crippen LogP contribution >= 0.6 is 31.9 Å². The summed E-state index contributed by atoms with van der Waals surface area (Å²) in [5.41, 5.74) is 0.263. The Kier molecular flexibility index (Phi) is 5.27. The van der Waals surface area contributed by atoms with Crippen LogP contribution in [-0.4, -0.2) is 6.61 Å². The number of hydrogen-bond donors (Lipinski definition) is 0. The second kappa shape index (κ2) is 6.79. The SMILES string of the molecule is Fc1cc(C(Br)c2ccccc2OC(F)F)c(F)cc1Br. The van der Waals surface area contributed by atoms with E-state index in [4.69, 9.17) is 0 Å². The predicted octanol–water partition coefficient (Wildman–Crippen LogP) is 5.81. The second-order valence-electron chi connectivity index (χ2n) is 4.07. The fourth-order valence-corrected chi connectivity index (χ4v) is 2.84. The number of alkyl halides is 3. The highest BCUT2D eigenvalue weighted by molar-refractivity contribution is 9.10. The molecule has 2 aromatic rings. The van der Waals surface area contributed by atoms with Gasteiger partial charge in [0.2, 0.25) is 0 Å². The maximum atomic E-state index is 13.9. The van der Waals surface area contributed by atoms with Crippen LogP contribution in [0.5, 0.6) is 5.75 Å². The largest absolute Gasteiger partial charge is 0.434 e. The molecule has 1 atom stereocenters.